The quantitative estimate of drug-likeness (QED) is 0.828. The summed E-state index contributed by atoms with van der Waals surface area (Å²) in [5, 5.41) is 9.36. The molecule has 1 aromatic heterocycles. The van der Waals surface area contributed by atoms with Crippen molar-refractivity contribution in [3.05, 3.63) is 29.3 Å². The van der Waals surface area contributed by atoms with Crippen molar-refractivity contribution < 1.29 is 13.0 Å². The molecule has 0 bridgehead atoms. The first-order valence-corrected chi connectivity index (χ1v) is 6.60. The van der Waals surface area contributed by atoms with E-state index in [0.29, 0.717) is 0 Å². The van der Waals surface area contributed by atoms with E-state index >= 15 is 0 Å². The van der Waals surface area contributed by atoms with Crippen LogP contribution in [0.3, 0.4) is 0 Å². The van der Waals surface area contributed by atoms with Gasteiger partial charge in [-0.15, -0.1) is 10.2 Å². The molecule has 0 saturated carbocycles. The predicted octanol–water partition coefficient (Wildman–Crippen LogP) is 1.76. The lowest BCUT2D eigenvalue weighted by molar-refractivity contribution is 0.483. The Labute approximate surface area is 96.5 Å². The molecule has 1 N–H and O–H groups in total. The summed E-state index contributed by atoms with van der Waals surface area (Å²) in [7, 11) is -4.13. The molecule has 2 aromatic rings. The zero-order valence-corrected chi connectivity index (χ0v) is 9.92. The first kappa shape index (κ1) is 11.2. The van der Waals surface area contributed by atoms with E-state index < -0.39 is 10.1 Å². The number of hydrogen-bond acceptors (Lipinski definition) is 5. The molecule has 0 atom stereocenters. The summed E-state index contributed by atoms with van der Waals surface area (Å²) in [6.45, 7) is 1.84. The van der Waals surface area contributed by atoms with Crippen LogP contribution >= 0.6 is 11.3 Å². The van der Waals surface area contributed by atoms with E-state index in [1.54, 1.807) is 12.1 Å². The second-order valence-corrected chi connectivity index (χ2v) is 5.73. The average Bonchev–Trinajstić information content (AvgIpc) is 2.64. The van der Waals surface area contributed by atoms with E-state index in [2.05, 4.69) is 10.2 Å². The number of rotatable bonds is 2. The third kappa shape index (κ3) is 2.26. The van der Waals surface area contributed by atoms with Crippen LogP contribution in [0.2, 0.25) is 0 Å². The molecule has 0 fully saturated rings. The maximum atomic E-state index is 10.8. The van der Waals surface area contributed by atoms with Gasteiger partial charge in [0, 0.05) is 5.56 Å². The maximum Gasteiger partial charge on any atom is 0.294 e. The molecular weight excluding hydrogens is 248 g/mol. The summed E-state index contributed by atoms with van der Waals surface area (Å²) in [6.07, 6.45) is 0. The fourth-order valence-electron chi connectivity index (χ4n) is 1.18. The molecule has 0 unspecified atom stereocenters. The molecule has 2 rings (SSSR count). The summed E-state index contributed by atoms with van der Waals surface area (Å²) in [4.78, 5) is -0.127. The van der Waals surface area contributed by atoms with Crippen LogP contribution in [-0.4, -0.2) is 23.2 Å². The van der Waals surface area contributed by atoms with Gasteiger partial charge in [0.2, 0.25) is 0 Å². The maximum absolute atomic E-state index is 10.8. The van der Waals surface area contributed by atoms with Crippen molar-refractivity contribution in [2.45, 2.75) is 11.8 Å². The topological polar surface area (TPSA) is 80.2 Å². The minimum absolute atomic E-state index is 0.127. The van der Waals surface area contributed by atoms with Crippen LogP contribution in [0.1, 0.15) is 5.01 Å². The summed E-state index contributed by atoms with van der Waals surface area (Å²) < 4.78 is 30.4. The molecule has 0 radical (unpaired) electrons. The monoisotopic (exact) mass is 256 g/mol. The van der Waals surface area contributed by atoms with Crippen LogP contribution in [0.15, 0.2) is 29.2 Å². The number of benzene rings is 1. The highest BCUT2D eigenvalue weighted by atomic mass is 32.2. The predicted molar refractivity (Wildman–Crippen MR) is 59.9 cm³/mol. The van der Waals surface area contributed by atoms with E-state index in [1.807, 2.05) is 6.92 Å². The van der Waals surface area contributed by atoms with Gasteiger partial charge >= 0.3 is 0 Å². The number of nitrogens with zero attached hydrogens (tertiary/aromatic N) is 2. The molecule has 0 aliphatic heterocycles. The lowest BCUT2D eigenvalue weighted by Gasteiger charge is -1.98. The summed E-state index contributed by atoms with van der Waals surface area (Å²) in [6, 6.07) is 5.84. The molecule has 0 saturated heterocycles. The first-order chi connectivity index (χ1) is 7.47. The number of hydrogen-bond donors (Lipinski definition) is 1. The molecule has 1 aromatic carbocycles. The first-order valence-electron chi connectivity index (χ1n) is 4.35. The lowest BCUT2D eigenvalue weighted by atomic mass is 10.2. The van der Waals surface area contributed by atoms with Crippen molar-refractivity contribution in [2.24, 2.45) is 0 Å². The van der Waals surface area contributed by atoms with Crippen LogP contribution in [0.5, 0.6) is 0 Å². The highest BCUT2D eigenvalue weighted by molar-refractivity contribution is 7.85. The molecule has 0 amide bonds. The fraction of sp³-hybridized carbons (Fsp3) is 0.111. The average molecular weight is 256 g/mol. The van der Waals surface area contributed by atoms with Crippen molar-refractivity contribution in [3.8, 4) is 10.6 Å². The summed E-state index contributed by atoms with van der Waals surface area (Å²) >= 11 is 1.42. The Kier molecular flexibility index (Phi) is 2.75. The van der Waals surface area contributed by atoms with E-state index in [4.69, 9.17) is 4.55 Å². The second kappa shape index (κ2) is 3.93. The Hall–Kier alpha value is -1.31. The van der Waals surface area contributed by atoms with E-state index in [9.17, 15) is 8.42 Å². The SMILES string of the molecule is Cc1nnc(-c2ccc(S(=O)(=O)O)cc2)s1. The minimum atomic E-state index is -4.13. The largest absolute Gasteiger partial charge is 0.294 e. The van der Waals surface area contributed by atoms with Gasteiger partial charge in [0.1, 0.15) is 10.0 Å². The Morgan fingerprint density at radius 1 is 1.19 bits per heavy atom. The Bertz CT molecular complexity index is 602. The zero-order valence-electron chi connectivity index (χ0n) is 8.28. The molecule has 84 valence electrons. The Morgan fingerprint density at radius 2 is 1.81 bits per heavy atom. The van der Waals surface area contributed by atoms with Crippen LogP contribution in [0.25, 0.3) is 10.6 Å². The van der Waals surface area contributed by atoms with Gasteiger partial charge in [0.15, 0.2) is 0 Å². The van der Waals surface area contributed by atoms with Gasteiger partial charge in [-0.3, -0.25) is 4.55 Å². The van der Waals surface area contributed by atoms with Gasteiger partial charge in [0.25, 0.3) is 10.1 Å². The van der Waals surface area contributed by atoms with Crippen molar-refractivity contribution in [1.29, 1.82) is 0 Å². The van der Waals surface area contributed by atoms with Crippen molar-refractivity contribution in [2.75, 3.05) is 0 Å². The van der Waals surface area contributed by atoms with E-state index in [0.717, 1.165) is 15.6 Å². The Morgan fingerprint density at radius 3 is 2.25 bits per heavy atom. The molecule has 0 aliphatic rings. The Balaban J connectivity index is 2.40. The van der Waals surface area contributed by atoms with E-state index in [1.165, 1.54) is 23.5 Å². The molecule has 16 heavy (non-hydrogen) atoms. The summed E-state index contributed by atoms with van der Waals surface area (Å²) in [5.74, 6) is 0. The van der Waals surface area contributed by atoms with Gasteiger partial charge < -0.3 is 0 Å². The fourth-order valence-corrected chi connectivity index (χ4v) is 2.36. The van der Waals surface area contributed by atoms with Crippen LogP contribution < -0.4 is 0 Å². The molecule has 0 aliphatic carbocycles. The molecule has 1 heterocycles. The number of aromatic nitrogens is 2. The van der Waals surface area contributed by atoms with Crippen LogP contribution in [0.4, 0.5) is 0 Å². The van der Waals surface area contributed by atoms with Crippen molar-refractivity contribution in [3.63, 3.8) is 0 Å². The highest BCUT2D eigenvalue weighted by Crippen LogP contribution is 2.24. The standard InChI is InChI=1S/C9H8N2O3S2/c1-6-10-11-9(15-6)7-2-4-8(5-3-7)16(12,13)14/h2-5H,1H3,(H,12,13,14). The molecular formula is C9H8N2O3S2. The highest BCUT2D eigenvalue weighted by Gasteiger charge is 2.10. The van der Waals surface area contributed by atoms with Gasteiger partial charge in [-0.25, -0.2) is 0 Å². The molecule has 7 heteroatoms. The van der Waals surface area contributed by atoms with E-state index in [-0.39, 0.29) is 4.90 Å². The van der Waals surface area contributed by atoms with Crippen molar-refractivity contribution in [1.82, 2.24) is 10.2 Å². The van der Waals surface area contributed by atoms with Crippen molar-refractivity contribution >= 4 is 21.5 Å². The smallest absolute Gasteiger partial charge is 0.282 e. The lowest BCUT2D eigenvalue weighted by Crippen LogP contribution is -1.97. The summed E-state index contributed by atoms with van der Waals surface area (Å²) in [5.41, 5.74) is 0.776. The zero-order chi connectivity index (χ0) is 11.8. The van der Waals surface area contributed by atoms with Crippen LogP contribution in [0, 0.1) is 6.92 Å². The van der Waals surface area contributed by atoms with Gasteiger partial charge in [-0.05, 0) is 19.1 Å². The third-order valence-corrected chi connectivity index (χ3v) is 3.68. The van der Waals surface area contributed by atoms with Crippen LogP contribution in [-0.2, 0) is 10.1 Å². The normalized spacial score (nSPS) is 11.6. The number of aryl methyl sites for hydroxylation is 1. The molecule has 0 spiro atoms. The second-order valence-electron chi connectivity index (χ2n) is 3.13. The van der Waals surface area contributed by atoms with Gasteiger partial charge in [-0.1, -0.05) is 23.5 Å². The van der Waals surface area contributed by atoms with Gasteiger partial charge in [-0.2, -0.15) is 8.42 Å². The molecule has 5 nitrogen and oxygen atoms in total. The minimum Gasteiger partial charge on any atom is -0.282 e. The third-order valence-electron chi connectivity index (χ3n) is 1.93. The van der Waals surface area contributed by atoms with Gasteiger partial charge in [0.05, 0.1) is 4.90 Å².